The summed E-state index contributed by atoms with van der Waals surface area (Å²) in [6.45, 7) is 3.87. The minimum Gasteiger partial charge on any atom is -0.478 e. The van der Waals surface area contributed by atoms with Gasteiger partial charge in [-0.25, -0.2) is 0 Å². The minimum atomic E-state index is -1.03. The Hall–Kier alpha value is -2.55. The Balaban J connectivity index is 2.60. The lowest BCUT2D eigenvalue weighted by Gasteiger charge is -2.30. The highest BCUT2D eigenvalue weighted by Crippen LogP contribution is 2.20. The van der Waals surface area contributed by atoms with E-state index in [0.717, 1.165) is 0 Å². The van der Waals surface area contributed by atoms with Gasteiger partial charge in [0.15, 0.2) is 5.60 Å². The highest BCUT2D eigenvalue weighted by molar-refractivity contribution is 5.84. The van der Waals surface area contributed by atoms with Gasteiger partial charge in [0.05, 0.1) is 11.6 Å². The molecule has 0 radical (unpaired) electrons. The van der Waals surface area contributed by atoms with Gasteiger partial charge >= 0.3 is 0 Å². The van der Waals surface area contributed by atoms with Crippen LogP contribution in [-0.4, -0.2) is 43.0 Å². The maximum Gasteiger partial charge on any atom is 0.265 e. The molecule has 124 valence electrons. The normalized spacial score (nSPS) is 10.6. The number of ether oxygens (including phenoxy) is 1. The standard InChI is InChI=1S/C17H23N3O3/c1-17(2,23-14-9-7-13(12-18)8-10-14)16(22)20(4)11-5-6-15(21)19-3/h7-10H,5-6,11H2,1-4H3,(H,19,21). The third-order valence-corrected chi connectivity index (χ3v) is 3.39. The Kier molecular flexibility index (Phi) is 6.58. The number of carbonyl (C=O) groups is 2. The summed E-state index contributed by atoms with van der Waals surface area (Å²) < 4.78 is 5.75. The zero-order valence-corrected chi connectivity index (χ0v) is 14.0. The van der Waals surface area contributed by atoms with Crippen LogP contribution in [0, 0.1) is 11.3 Å². The number of benzene rings is 1. The molecule has 0 fully saturated rings. The zero-order chi connectivity index (χ0) is 17.5. The topological polar surface area (TPSA) is 82.4 Å². The van der Waals surface area contributed by atoms with E-state index < -0.39 is 5.60 Å². The van der Waals surface area contributed by atoms with Gasteiger partial charge in [-0.3, -0.25) is 9.59 Å². The lowest BCUT2D eigenvalue weighted by molar-refractivity contribution is -0.144. The summed E-state index contributed by atoms with van der Waals surface area (Å²) in [6.07, 6.45) is 0.972. The zero-order valence-electron chi connectivity index (χ0n) is 14.0. The van der Waals surface area contributed by atoms with Gasteiger partial charge < -0.3 is 15.0 Å². The fraction of sp³-hybridized carbons (Fsp3) is 0.471. The van der Waals surface area contributed by atoms with E-state index in [1.165, 1.54) is 0 Å². The van der Waals surface area contributed by atoms with Crippen LogP contribution in [0.5, 0.6) is 5.75 Å². The molecule has 0 aliphatic carbocycles. The van der Waals surface area contributed by atoms with Gasteiger partial charge in [-0.2, -0.15) is 5.26 Å². The van der Waals surface area contributed by atoms with E-state index in [4.69, 9.17) is 10.00 Å². The van der Waals surface area contributed by atoms with Gasteiger partial charge in [0, 0.05) is 27.1 Å². The summed E-state index contributed by atoms with van der Waals surface area (Å²) in [6, 6.07) is 8.65. The van der Waals surface area contributed by atoms with E-state index in [2.05, 4.69) is 5.32 Å². The summed E-state index contributed by atoms with van der Waals surface area (Å²) in [5.74, 6) is 0.318. The van der Waals surface area contributed by atoms with Crippen molar-refractivity contribution < 1.29 is 14.3 Å². The Morgan fingerprint density at radius 2 is 1.91 bits per heavy atom. The summed E-state index contributed by atoms with van der Waals surface area (Å²) in [5, 5.41) is 11.3. The molecule has 0 aliphatic heterocycles. The molecule has 1 N–H and O–H groups in total. The third-order valence-electron chi connectivity index (χ3n) is 3.39. The lowest BCUT2D eigenvalue weighted by Crippen LogP contribution is -2.47. The molecule has 0 heterocycles. The molecule has 0 saturated carbocycles. The molecule has 23 heavy (non-hydrogen) atoms. The molecule has 0 aromatic heterocycles. The van der Waals surface area contributed by atoms with Gasteiger partial charge in [-0.05, 0) is 44.5 Å². The van der Waals surface area contributed by atoms with Gasteiger partial charge in [0.25, 0.3) is 5.91 Å². The highest BCUT2D eigenvalue weighted by Gasteiger charge is 2.32. The largest absolute Gasteiger partial charge is 0.478 e. The van der Waals surface area contributed by atoms with E-state index in [9.17, 15) is 9.59 Å². The SMILES string of the molecule is CNC(=O)CCCN(C)C(=O)C(C)(C)Oc1ccc(C#N)cc1. The summed E-state index contributed by atoms with van der Waals surface area (Å²) in [5.41, 5.74) is -0.497. The molecular weight excluding hydrogens is 294 g/mol. The molecule has 1 aromatic rings. The van der Waals surface area contributed by atoms with Crippen LogP contribution in [-0.2, 0) is 9.59 Å². The van der Waals surface area contributed by atoms with Crippen molar-refractivity contribution >= 4 is 11.8 Å². The van der Waals surface area contributed by atoms with Crippen molar-refractivity contribution in [2.24, 2.45) is 0 Å². The van der Waals surface area contributed by atoms with Crippen LogP contribution in [0.4, 0.5) is 0 Å². The number of rotatable bonds is 7. The number of likely N-dealkylation sites (N-methyl/N-ethyl adjacent to an activating group) is 1. The quantitative estimate of drug-likeness (QED) is 0.830. The van der Waals surface area contributed by atoms with Crippen LogP contribution in [0.15, 0.2) is 24.3 Å². The molecule has 1 aromatic carbocycles. The first kappa shape index (κ1) is 18.5. The predicted octanol–water partition coefficient (Wildman–Crippen LogP) is 1.70. The van der Waals surface area contributed by atoms with Crippen molar-refractivity contribution in [1.29, 1.82) is 5.26 Å². The molecule has 1 rings (SSSR count). The van der Waals surface area contributed by atoms with E-state index >= 15 is 0 Å². The van der Waals surface area contributed by atoms with Crippen molar-refractivity contribution in [2.75, 3.05) is 20.6 Å². The van der Waals surface area contributed by atoms with E-state index in [0.29, 0.717) is 30.7 Å². The summed E-state index contributed by atoms with van der Waals surface area (Å²) in [4.78, 5) is 25.2. The number of nitrogens with zero attached hydrogens (tertiary/aromatic N) is 2. The summed E-state index contributed by atoms with van der Waals surface area (Å²) in [7, 11) is 3.28. The lowest BCUT2D eigenvalue weighted by atomic mass is 10.1. The van der Waals surface area contributed by atoms with Gasteiger partial charge in [0.2, 0.25) is 5.91 Å². The number of amides is 2. The average Bonchev–Trinajstić information content (AvgIpc) is 2.54. The number of carbonyl (C=O) groups excluding carboxylic acids is 2. The fourth-order valence-corrected chi connectivity index (χ4v) is 2.10. The molecule has 6 heteroatoms. The van der Waals surface area contributed by atoms with Crippen LogP contribution >= 0.6 is 0 Å². The first-order valence-electron chi connectivity index (χ1n) is 7.45. The van der Waals surface area contributed by atoms with Crippen LogP contribution in [0.25, 0.3) is 0 Å². The number of nitrogens with one attached hydrogen (secondary N) is 1. The van der Waals surface area contributed by atoms with Crippen molar-refractivity contribution in [3.8, 4) is 11.8 Å². The molecule has 6 nitrogen and oxygen atoms in total. The van der Waals surface area contributed by atoms with Gasteiger partial charge in [-0.1, -0.05) is 0 Å². The van der Waals surface area contributed by atoms with Crippen LogP contribution in [0.1, 0.15) is 32.3 Å². The Morgan fingerprint density at radius 1 is 1.30 bits per heavy atom. The van der Waals surface area contributed by atoms with E-state index in [1.54, 1.807) is 57.1 Å². The van der Waals surface area contributed by atoms with Crippen molar-refractivity contribution in [1.82, 2.24) is 10.2 Å². The first-order valence-corrected chi connectivity index (χ1v) is 7.45. The summed E-state index contributed by atoms with van der Waals surface area (Å²) >= 11 is 0. The Labute approximate surface area is 137 Å². The van der Waals surface area contributed by atoms with Crippen molar-refractivity contribution in [2.45, 2.75) is 32.3 Å². The van der Waals surface area contributed by atoms with Crippen molar-refractivity contribution in [3.63, 3.8) is 0 Å². The Bertz CT molecular complexity index is 588. The second-order valence-electron chi connectivity index (χ2n) is 5.75. The van der Waals surface area contributed by atoms with E-state index in [-0.39, 0.29) is 11.8 Å². The maximum atomic E-state index is 12.5. The molecule has 0 atom stereocenters. The fourth-order valence-electron chi connectivity index (χ4n) is 2.10. The van der Waals surface area contributed by atoms with Crippen LogP contribution in [0.3, 0.4) is 0 Å². The van der Waals surface area contributed by atoms with Crippen LogP contribution in [0.2, 0.25) is 0 Å². The highest BCUT2D eigenvalue weighted by atomic mass is 16.5. The number of nitriles is 1. The molecule has 0 bridgehead atoms. The minimum absolute atomic E-state index is 0.0426. The second-order valence-corrected chi connectivity index (χ2v) is 5.75. The van der Waals surface area contributed by atoms with Gasteiger partial charge in [-0.15, -0.1) is 0 Å². The third kappa shape index (κ3) is 5.62. The van der Waals surface area contributed by atoms with Crippen LogP contribution < -0.4 is 10.1 Å². The molecule has 0 spiro atoms. The van der Waals surface area contributed by atoms with Gasteiger partial charge in [0.1, 0.15) is 5.75 Å². The van der Waals surface area contributed by atoms with Crippen molar-refractivity contribution in [3.05, 3.63) is 29.8 Å². The first-order chi connectivity index (χ1) is 10.8. The number of hydrogen-bond acceptors (Lipinski definition) is 4. The molecular formula is C17H23N3O3. The molecule has 0 unspecified atom stereocenters. The monoisotopic (exact) mass is 317 g/mol. The Morgan fingerprint density at radius 3 is 2.43 bits per heavy atom. The molecule has 0 aliphatic rings. The average molecular weight is 317 g/mol. The molecule has 0 saturated heterocycles. The predicted molar refractivity (Wildman–Crippen MR) is 86.8 cm³/mol. The smallest absolute Gasteiger partial charge is 0.265 e. The number of hydrogen-bond donors (Lipinski definition) is 1. The van der Waals surface area contributed by atoms with E-state index in [1.807, 2.05) is 6.07 Å². The maximum absolute atomic E-state index is 12.5. The second kappa shape index (κ2) is 8.18. The molecule has 2 amide bonds.